The van der Waals surface area contributed by atoms with E-state index >= 15 is 0 Å². The first-order chi connectivity index (χ1) is 16.3. The average molecular weight is 502 g/mol. The van der Waals surface area contributed by atoms with Gasteiger partial charge in [-0.3, -0.25) is 4.98 Å². The van der Waals surface area contributed by atoms with Crippen LogP contribution in [0.2, 0.25) is 5.02 Å². The van der Waals surface area contributed by atoms with Crippen LogP contribution >= 0.6 is 22.9 Å². The number of fused-ring (bicyclic) bond motifs is 1. The zero-order chi connectivity index (χ0) is 23.9. The molecular weight excluding hydrogens is 487 g/mol. The molecule has 0 radical (unpaired) electrons. The molecule has 11 heteroatoms. The van der Waals surface area contributed by atoms with Crippen LogP contribution in [0.5, 0.6) is 5.75 Å². The second-order valence-corrected chi connectivity index (χ2v) is 8.64. The summed E-state index contributed by atoms with van der Waals surface area (Å²) in [5.41, 5.74) is 1.39. The highest BCUT2D eigenvalue weighted by atomic mass is 35.5. The molecule has 0 aliphatic rings. The van der Waals surface area contributed by atoms with Gasteiger partial charge in [0, 0.05) is 22.5 Å². The Balaban J connectivity index is 1.41. The molecule has 0 spiro atoms. The standard InChI is InChI=1S/C23H15ClF3N5OS/c1-13(33-20-8-9-28-18-5-3-2-4-15(18)20)19-11-32(31-30-19)14-6-7-17(24)16(10-14)22-29-21(12-34-22)23(25,26)27/h2-13H,1H3/t13-/m1/s1. The minimum absolute atomic E-state index is 0.167. The molecule has 0 bridgehead atoms. The van der Waals surface area contributed by atoms with Gasteiger partial charge in [-0.15, -0.1) is 16.4 Å². The zero-order valence-electron chi connectivity index (χ0n) is 17.5. The molecule has 0 aliphatic heterocycles. The zero-order valence-corrected chi connectivity index (χ0v) is 19.1. The molecule has 0 N–H and O–H groups in total. The summed E-state index contributed by atoms with van der Waals surface area (Å²) in [6.07, 6.45) is -1.56. The SMILES string of the molecule is C[C@@H](Oc1ccnc2ccccc12)c1cn(-c2ccc(Cl)c(-c3nc(C(F)(F)F)cs3)c2)nn1. The van der Waals surface area contributed by atoms with Crippen LogP contribution in [-0.4, -0.2) is 25.0 Å². The molecule has 2 aromatic carbocycles. The highest BCUT2D eigenvalue weighted by Crippen LogP contribution is 2.37. The van der Waals surface area contributed by atoms with Crippen LogP contribution in [0.3, 0.4) is 0 Å². The molecule has 0 saturated heterocycles. The lowest BCUT2D eigenvalue weighted by molar-refractivity contribution is -0.140. The maximum atomic E-state index is 13.0. The van der Waals surface area contributed by atoms with Crippen molar-refractivity contribution in [2.45, 2.75) is 19.2 Å². The van der Waals surface area contributed by atoms with Crippen LogP contribution < -0.4 is 4.74 Å². The van der Waals surface area contributed by atoms with E-state index < -0.39 is 18.0 Å². The number of alkyl halides is 3. The molecule has 0 fully saturated rings. The molecule has 0 unspecified atom stereocenters. The van der Waals surface area contributed by atoms with E-state index in [1.807, 2.05) is 31.2 Å². The Kier molecular flexibility index (Phi) is 5.70. The van der Waals surface area contributed by atoms with Gasteiger partial charge in [0.1, 0.15) is 22.6 Å². The predicted molar refractivity (Wildman–Crippen MR) is 123 cm³/mol. The molecule has 0 aliphatic carbocycles. The normalized spacial score (nSPS) is 12.7. The molecule has 1 atom stereocenters. The smallest absolute Gasteiger partial charge is 0.434 e. The molecular formula is C23H15ClF3N5OS. The molecule has 0 amide bonds. The molecule has 172 valence electrons. The Morgan fingerprint density at radius 2 is 1.94 bits per heavy atom. The summed E-state index contributed by atoms with van der Waals surface area (Å²) >= 11 is 7.12. The Labute approximate surface area is 200 Å². The van der Waals surface area contributed by atoms with Gasteiger partial charge in [0.05, 0.1) is 22.4 Å². The van der Waals surface area contributed by atoms with Crippen LogP contribution in [-0.2, 0) is 6.18 Å². The van der Waals surface area contributed by atoms with E-state index in [-0.39, 0.29) is 10.0 Å². The maximum absolute atomic E-state index is 13.0. The third-order valence-electron chi connectivity index (χ3n) is 5.08. The molecule has 5 rings (SSSR count). The van der Waals surface area contributed by atoms with Crippen LogP contribution in [0, 0.1) is 0 Å². The topological polar surface area (TPSA) is 65.7 Å². The number of pyridine rings is 1. The first-order valence-corrected chi connectivity index (χ1v) is 11.3. The molecule has 34 heavy (non-hydrogen) atoms. The summed E-state index contributed by atoms with van der Waals surface area (Å²) in [4.78, 5) is 8.02. The molecule has 0 saturated carbocycles. The number of aromatic nitrogens is 5. The van der Waals surface area contributed by atoms with Gasteiger partial charge in [-0.1, -0.05) is 28.9 Å². The number of rotatable bonds is 5. The first-order valence-electron chi connectivity index (χ1n) is 10.1. The van der Waals surface area contributed by atoms with E-state index in [1.54, 1.807) is 36.7 Å². The summed E-state index contributed by atoms with van der Waals surface area (Å²) < 4.78 is 46.5. The minimum Gasteiger partial charge on any atom is -0.484 e. The highest BCUT2D eigenvalue weighted by Gasteiger charge is 2.34. The number of hydrogen-bond acceptors (Lipinski definition) is 6. The van der Waals surface area contributed by atoms with Crippen molar-refractivity contribution in [2.24, 2.45) is 0 Å². The van der Waals surface area contributed by atoms with Gasteiger partial charge in [-0.2, -0.15) is 13.2 Å². The van der Waals surface area contributed by atoms with Gasteiger partial charge in [-0.25, -0.2) is 9.67 Å². The van der Waals surface area contributed by atoms with Gasteiger partial charge in [-0.05, 0) is 43.3 Å². The van der Waals surface area contributed by atoms with Gasteiger partial charge in [0.2, 0.25) is 0 Å². The fraction of sp³-hybridized carbons (Fsp3) is 0.130. The van der Waals surface area contributed by atoms with Crippen molar-refractivity contribution < 1.29 is 17.9 Å². The third kappa shape index (κ3) is 4.34. The number of hydrogen-bond donors (Lipinski definition) is 0. The van der Waals surface area contributed by atoms with E-state index in [1.165, 1.54) is 4.68 Å². The van der Waals surface area contributed by atoms with Crippen molar-refractivity contribution >= 4 is 33.8 Å². The quantitative estimate of drug-likeness (QED) is 0.266. The largest absolute Gasteiger partial charge is 0.484 e. The lowest BCUT2D eigenvalue weighted by Gasteiger charge is -2.13. The summed E-state index contributed by atoms with van der Waals surface area (Å²) in [6, 6.07) is 14.4. The van der Waals surface area contributed by atoms with Crippen molar-refractivity contribution in [3.63, 3.8) is 0 Å². The summed E-state index contributed by atoms with van der Waals surface area (Å²) in [6.45, 7) is 1.85. The van der Waals surface area contributed by atoms with Gasteiger partial charge in [0.15, 0.2) is 5.69 Å². The minimum atomic E-state index is -4.52. The molecule has 5 aromatic rings. The Hall–Kier alpha value is -3.50. The number of thiazole rings is 1. The van der Waals surface area contributed by atoms with Crippen molar-refractivity contribution in [1.29, 1.82) is 0 Å². The van der Waals surface area contributed by atoms with Crippen molar-refractivity contribution in [2.75, 3.05) is 0 Å². The van der Waals surface area contributed by atoms with Gasteiger partial charge >= 0.3 is 6.18 Å². The number of halogens is 4. The van der Waals surface area contributed by atoms with E-state index in [0.717, 1.165) is 27.6 Å². The predicted octanol–water partition coefficient (Wildman–Crippen LogP) is 6.75. The van der Waals surface area contributed by atoms with Crippen molar-refractivity contribution in [1.82, 2.24) is 25.0 Å². The van der Waals surface area contributed by atoms with Crippen LogP contribution in [0.4, 0.5) is 13.2 Å². The fourth-order valence-electron chi connectivity index (χ4n) is 3.36. The summed E-state index contributed by atoms with van der Waals surface area (Å²) in [5.74, 6) is 0.672. The number of benzene rings is 2. The van der Waals surface area contributed by atoms with Crippen LogP contribution in [0.15, 0.2) is 66.3 Å². The van der Waals surface area contributed by atoms with Crippen molar-refractivity contribution in [3.8, 4) is 22.0 Å². The van der Waals surface area contributed by atoms with E-state index in [0.29, 0.717) is 22.7 Å². The number of nitrogens with zero attached hydrogens (tertiary/aromatic N) is 5. The second kappa shape index (κ2) is 8.69. The third-order valence-corrected chi connectivity index (χ3v) is 6.29. The molecule has 3 heterocycles. The first kappa shape index (κ1) is 22.3. The van der Waals surface area contributed by atoms with Gasteiger partial charge < -0.3 is 4.74 Å². The fourth-order valence-corrected chi connectivity index (χ4v) is 4.48. The summed E-state index contributed by atoms with van der Waals surface area (Å²) in [5, 5.41) is 10.7. The molecule has 6 nitrogen and oxygen atoms in total. The highest BCUT2D eigenvalue weighted by molar-refractivity contribution is 7.13. The maximum Gasteiger partial charge on any atom is 0.434 e. The second-order valence-electron chi connectivity index (χ2n) is 7.37. The Bertz CT molecular complexity index is 1480. The number of ether oxygens (including phenoxy) is 1. The number of para-hydroxylation sites is 1. The van der Waals surface area contributed by atoms with Gasteiger partial charge in [0.25, 0.3) is 0 Å². The lowest BCUT2D eigenvalue weighted by atomic mass is 10.2. The lowest BCUT2D eigenvalue weighted by Crippen LogP contribution is -2.05. The molecule has 3 aromatic heterocycles. The Morgan fingerprint density at radius 3 is 2.74 bits per heavy atom. The summed E-state index contributed by atoms with van der Waals surface area (Å²) in [7, 11) is 0. The monoisotopic (exact) mass is 501 g/mol. The van der Waals surface area contributed by atoms with Crippen molar-refractivity contribution in [3.05, 3.63) is 82.7 Å². The average Bonchev–Trinajstić information content (AvgIpc) is 3.50. The van der Waals surface area contributed by atoms with Crippen LogP contribution in [0.1, 0.15) is 24.4 Å². The Morgan fingerprint density at radius 1 is 1.12 bits per heavy atom. The van der Waals surface area contributed by atoms with E-state index in [4.69, 9.17) is 16.3 Å². The van der Waals surface area contributed by atoms with E-state index in [2.05, 4.69) is 20.3 Å². The van der Waals surface area contributed by atoms with E-state index in [9.17, 15) is 13.2 Å². The van der Waals surface area contributed by atoms with Crippen LogP contribution in [0.25, 0.3) is 27.2 Å².